The van der Waals surface area contributed by atoms with E-state index < -0.39 is 0 Å². The molecule has 0 fully saturated rings. The maximum Gasteiger partial charge on any atom is 0.271 e. The van der Waals surface area contributed by atoms with E-state index in [0.29, 0.717) is 24.2 Å². The van der Waals surface area contributed by atoms with Gasteiger partial charge >= 0.3 is 0 Å². The van der Waals surface area contributed by atoms with E-state index in [1.807, 2.05) is 0 Å². The summed E-state index contributed by atoms with van der Waals surface area (Å²) in [6.07, 6.45) is 3.64. The molecule has 0 aromatic carbocycles. The molecule has 0 radical (unpaired) electrons. The van der Waals surface area contributed by atoms with Crippen LogP contribution in [0.5, 0.6) is 0 Å². The maximum absolute atomic E-state index is 12.1. The first-order chi connectivity index (χ1) is 9.81. The molecule has 0 unspecified atom stereocenters. The van der Waals surface area contributed by atoms with Gasteiger partial charge in [0.2, 0.25) is 0 Å². The molecule has 2 aromatic heterocycles. The van der Waals surface area contributed by atoms with Gasteiger partial charge < -0.3 is 10.4 Å². The summed E-state index contributed by atoms with van der Waals surface area (Å²) < 4.78 is 0. The number of aliphatic hydroxyl groups is 1. The zero-order chi connectivity index (χ0) is 14.2. The lowest BCUT2D eigenvalue weighted by atomic mass is 10.2. The summed E-state index contributed by atoms with van der Waals surface area (Å²) in [7, 11) is 0. The summed E-state index contributed by atoms with van der Waals surface area (Å²) in [5, 5.41) is 11.5. The fourth-order valence-corrected chi connectivity index (χ4v) is 2.02. The predicted molar refractivity (Wildman–Crippen MR) is 76.1 cm³/mol. The second kappa shape index (κ2) is 7.38. The van der Waals surface area contributed by atoms with Crippen LogP contribution in [0.2, 0.25) is 0 Å². The van der Waals surface area contributed by atoms with Gasteiger partial charge in [-0.2, -0.15) is 0 Å². The van der Waals surface area contributed by atoms with Crippen LogP contribution in [0, 0.1) is 11.8 Å². The minimum atomic E-state index is -0.271. The van der Waals surface area contributed by atoms with E-state index in [-0.39, 0.29) is 12.5 Å². The van der Waals surface area contributed by atoms with Gasteiger partial charge in [0, 0.05) is 23.7 Å². The minimum Gasteiger partial charge on any atom is -0.395 e. The lowest BCUT2D eigenvalue weighted by Gasteiger charge is -2.04. The average molecular weight is 287 g/mol. The third-order valence-electron chi connectivity index (χ3n) is 2.39. The molecule has 0 aliphatic rings. The largest absolute Gasteiger partial charge is 0.395 e. The van der Waals surface area contributed by atoms with Crippen molar-refractivity contribution >= 4 is 17.2 Å². The van der Waals surface area contributed by atoms with E-state index in [9.17, 15) is 4.79 Å². The molecule has 102 valence electrons. The van der Waals surface area contributed by atoms with Crippen LogP contribution >= 0.6 is 11.3 Å². The van der Waals surface area contributed by atoms with Gasteiger partial charge in [0.25, 0.3) is 5.91 Å². The van der Waals surface area contributed by atoms with Gasteiger partial charge in [-0.25, -0.2) is 4.98 Å². The summed E-state index contributed by atoms with van der Waals surface area (Å²) in [6, 6.07) is 3.46. The average Bonchev–Trinajstić information content (AvgIpc) is 2.99. The molecule has 1 amide bonds. The second-order valence-corrected chi connectivity index (χ2v) is 4.80. The van der Waals surface area contributed by atoms with Crippen molar-refractivity contribution in [1.29, 1.82) is 0 Å². The van der Waals surface area contributed by atoms with Crippen LogP contribution in [0.4, 0.5) is 0 Å². The lowest BCUT2D eigenvalue weighted by Crippen LogP contribution is -2.24. The topological polar surface area (TPSA) is 75.1 Å². The zero-order valence-corrected chi connectivity index (χ0v) is 11.5. The molecule has 2 N–H and O–H groups in total. The second-order valence-electron chi connectivity index (χ2n) is 3.83. The number of nitrogens with one attached hydrogen (secondary N) is 1. The number of rotatable bonds is 4. The molecular formula is C14H13N3O2S. The molecule has 6 heteroatoms. The molecule has 0 aliphatic carbocycles. The minimum absolute atomic E-state index is 0.000168. The summed E-state index contributed by atoms with van der Waals surface area (Å²) in [5.41, 5.74) is 2.57. The van der Waals surface area contributed by atoms with Crippen LogP contribution in [-0.2, 0) is 6.54 Å². The fourth-order valence-electron chi connectivity index (χ4n) is 1.48. The molecule has 0 bridgehead atoms. The molecule has 20 heavy (non-hydrogen) atoms. The Morgan fingerprint density at radius 2 is 2.40 bits per heavy atom. The Labute approximate surface area is 120 Å². The molecule has 0 atom stereocenters. The monoisotopic (exact) mass is 287 g/mol. The highest BCUT2D eigenvalue weighted by atomic mass is 32.1. The fraction of sp³-hybridized carbons (Fsp3) is 0.214. The molecule has 2 rings (SSSR count). The Bertz CT molecular complexity index is 629. The number of hydrogen-bond donors (Lipinski definition) is 2. The van der Waals surface area contributed by atoms with E-state index in [0.717, 1.165) is 4.88 Å². The summed E-state index contributed by atoms with van der Waals surface area (Å²) >= 11 is 1.48. The summed E-state index contributed by atoms with van der Waals surface area (Å²) in [4.78, 5) is 21.1. The number of carbonyl (C=O) groups excluding carboxylic acids is 1. The maximum atomic E-state index is 12.1. The van der Waals surface area contributed by atoms with Crippen molar-refractivity contribution in [2.45, 2.75) is 13.0 Å². The number of thiazole rings is 1. The molecular weight excluding hydrogens is 274 g/mol. The Morgan fingerprint density at radius 1 is 1.50 bits per heavy atom. The van der Waals surface area contributed by atoms with Crippen molar-refractivity contribution in [1.82, 2.24) is 15.3 Å². The standard InChI is InChI=1S/C14H13N3O2S/c18-7-2-1-4-11-5-3-6-16-13(11)14(19)17-9-12-8-15-10-20-12/h3,5-6,8,10,18H,2,7,9H2,(H,17,19). The summed E-state index contributed by atoms with van der Waals surface area (Å²) in [5.74, 6) is 5.36. The Kier molecular flexibility index (Phi) is 5.24. The Hall–Kier alpha value is -2.23. The molecule has 0 spiro atoms. The Balaban J connectivity index is 2.07. The van der Waals surface area contributed by atoms with E-state index in [4.69, 9.17) is 5.11 Å². The summed E-state index contributed by atoms with van der Waals surface area (Å²) in [6.45, 7) is 0.420. The van der Waals surface area contributed by atoms with Crippen molar-refractivity contribution in [3.8, 4) is 11.8 Å². The SMILES string of the molecule is O=C(NCc1cncs1)c1ncccc1C#CCCO. The van der Waals surface area contributed by atoms with Gasteiger partial charge in [-0.3, -0.25) is 9.78 Å². The first-order valence-electron chi connectivity index (χ1n) is 6.01. The quantitative estimate of drug-likeness (QED) is 0.829. The van der Waals surface area contributed by atoms with Gasteiger partial charge in [-0.15, -0.1) is 11.3 Å². The zero-order valence-electron chi connectivity index (χ0n) is 10.7. The number of nitrogens with zero attached hydrogens (tertiary/aromatic N) is 2. The third-order valence-corrected chi connectivity index (χ3v) is 3.17. The van der Waals surface area contributed by atoms with Crippen LogP contribution in [-0.4, -0.2) is 27.6 Å². The van der Waals surface area contributed by atoms with E-state index >= 15 is 0 Å². The van der Waals surface area contributed by atoms with Gasteiger partial charge in [-0.1, -0.05) is 11.8 Å². The van der Waals surface area contributed by atoms with Crippen LogP contribution in [0.15, 0.2) is 30.0 Å². The van der Waals surface area contributed by atoms with Gasteiger partial charge in [0.15, 0.2) is 0 Å². The highest BCUT2D eigenvalue weighted by molar-refractivity contribution is 7.09. The molecule has 0 aliphatic heterocycles. The molecule has 0 saturated carbocycles. The van der Waals surface area contributed by atoms with E-state index in [2.05, 4.69) is 27.1 Å². The molecule has 2 heterocycles. The van der Waals surface area contributed by atoms with E-state index in [1.54, 1.807) is 30.0 Å². The molecule has 2 aromatic rings. The lowest BCUT2D eigenvalue weighted by molar-refractivity contribution is 0.0946. The third kappa shape index (κ3) is 3.88. The molecule has 5 nitrogen and oxygen atoms in total. The van der Waals surface area contributed by atoms with Crippen molar-refractivity contribution in [3.63, 3.8) is 0 Å². The number of carbonyl (C=O) groups is 1. The van der Waals surface area contributed by atoms with Crippen LogP contribution in [0.3, 0.4) is 0 Å². The number of amides is 1. The van der Waals surface area contributed by atoms with Crippen molar-refractivity contribution in [3.05, 3.63) is 46.2 Å². The normalized spacial score (nSPS) is 9.65. The number of pyridine rings is 1. The van der Waals surface area contributed by atoms with Crippen LogP contribution in [0.25, 0.3) is 0 Å². The highest BCUT2D eigenvalue weighted by Gasteiger charge is 2.11. The van der Waals surface area contributed by atoms with Gasteiger partial charge in [0.05, 0.1) is 24.2 Å². The van der Waals surface area contributed by atoms with Gasteiger partial charge in [-0.05, 0) is 12.1 Å². The van der Waals surface area contributed by atoms with Crippen molar-refractivity contribution in [2.24, 2.45) is 0 Å². The first-order valence-corrected chi connectivity index (χ1v) is 6.89. The van der Waals surface area contributed by atoms with Crippen molar-refractivity contribution in [2.75, 3.05) is 6.61 Å². The van der Waals surface area contributed by atoms with Crippen molar-refractivity contribution < 1.29 is 9.90 Å². The van der Waals surface area contributed by atoms with Gasteiger partial charge in [0.1, 0.15) is 5.69 Å². The Morgan fingerprint density at radius 3 is 3.15 bits per heavy atom. The highest BCUT2D eigenvalue weighted by Crippen LogP contribution is 2.07. The first kappa shape index (κ1) is 14.2. The molecule has 0 saturated heterocycles. The predicted octanol–water partition coefficient (Wildman–Crippen LogP) is 1.20. The number of hydrogen-bond acceptors (Lipinski definition) is 5. The number of aliphatic hydroxyl groups excluding tert-OH is 1. The van der Waals surface area contributed by atoms with Crippen LogP contribution in [0.1, 0.15) is 27.3 Å². The smallest absolute Gasteiger partial charge is 0.271 e. The van der Waals surface area contributed by atoms with Crippen LogP contribution < -0.4 is 5.32 Å². The van der Waals surface area contributed by atoms with E-state index in [1.165, 1.54) is 11.3 Å². The number of aromatic nitrogens is 2.